The second kappa shape index (κ2) is 7.14. The number of benzene rings is 1. The minimum absolute atomic E-state index is 0.0768. The zero-order chi connectivity index (χ0) is 19.8. The lowest BCUT2D eigenvalue weighted by atomic mass is 9.92. The highest BCUT2D eigenvalue weighted by atomic mass is 32.1. The largest absolute Gasteiger partial charge is 0.478 e. The average molecular weight is 395 g/mol. The maximum absolute atomic E-state index is 12.1. The van der Waals surface area contributed by atoms with E-state index in [0.29, 0.717) is 35.2 Å². The first-order valence-electron chi connectivity index (χ1n) is 8.79. The van der Waals surface area contributed by atoms with Crippen LogP contribution in [0.25, 0.3) is 22.6 Å². The molecule has 0 bridgehead atoms. The number of rotatable bonds is 4. The molecule has 0 unspecified atom stereocenters. The molecule has 1 N–H and O–H groups in total. The molecule has 1 aromatic carbocycles. The number of thiophene rings is 1. The fraction of sp³-hybridized carbons (Fsp3) is 0.200. The Kier molecular flexibility index (Phi) is 4.66. The van der Waals surface area contributed by atoms with Gasteiger partial charge in [0.15, 0.2) is 0 Å². The van der Waals surface area contributed by atoms with Gasteiger partial charge in [-0.15, -0.1) is 0 Å². The van der Waals surface area contributed by atoms with Gasteiger partial charge < -0.3 is 5.11 Å². The van der Waals surface area contributed by atoms with Gasteiger partial charge in [-0.05, 0) is 29.8 Å². The molecule has 28 heavy (non-hydrogen) atoms. The summed E-state index contributed by atoms with van der Waals surface area (Å²) in [5.41, 5.74) is 3.85. The van der Waals surface area contributed by atoms with Gasteiger partial charge in [-0.2, -0.15) is 0 Å². The normalized spacial score (nSPS) is 15.7. The summed E-state index contributed by atoms with van der Waals surface area (Å²) < 4.78 is 0. The molecule has 0 atom stereocenters. The molecule has 0 aliphatic carbocycles. The number of nitrogens with zero attached hydrogens (tertiary/aromatic N) is 3. The number of fused-ring (bicyclic) bond motifs is 2. The summed E-state index contributed by atoms with van der Waals surface area (Å²) in [4.78, 5) is 29.6. The molecule has 1 aliphatic rings. The zero-order valence-corrected chi connectivity index (χ0v) is 15.9. The van der Waals surface area contributed by atoms with Crippen LogP contribution in [0.3, 0.4) is 0 Å². The Morgan fingerprint density at radius 2 is 2.18 bits per heavy atom. The van der Waals surface area contributed by atoms with E-state index in [1.807, 2.05) is 25.1 Å². The summed E-state index contributed by atoms with van der Waals surface area (Å²) >= 11 is 1.07. The molecule has 0 amide bonds. The molecule has 0 saturated heterocycles. The van der Waals surface area contributed by atoms with E-state index in [2.05, 4.69) is 4.90 Å². The summed E-state index contributed by atoms with van der Waals surface area (Å²) in [6.45, 7) is 3.89. The number of aromatic nitrogens is 1. The van der Waals surface area contributed by atoms with Crippen LogP contribution in [0.15, 0.2) is 35.7 Å². The van der Waals surface area contributed by atoms with Crippen molar-refractivity contribution in [3.05, 3.63) is 68.2 Å². The van der Waals surface area contributed by atoms with Gasteiger partial charge in [0.05, 0.1) is 21.7 Å². The van der Waals surface area contributed by atoms with Crippen molar-refractivity contribution in [2.24, 2.45) is 0 Å². The number of carboxylic acid groups (broad SMARTS) is 1. The number of hydrogen-bond donors (Lipinski definition) is 1. The minimum atomic E-state index is -0.974. The first kappa shape index (κ1) is 18.3. The van der Waals surface area contributed by atoms with Crippen LogP contribution in [0, 0.1) is 10.1 Å². The van der Waals surface area contributed by atoms with E-state index < -0.39 is 10.9 Å². The second-order valence-electron chi connectivity index (χ2n) is 6.58. The number of pyridine rings is 1. The number of aromatic carboxylic acids is 1. The predicted octanol–water partition coefficient (Wildman–Crippen LogP) is 4.28. The Morgan fingerprint density at radius 1 is 1.39 bits per heavy atom. The Morgan fingerprint density at radius 3 is 2.86 bits per heavy atom. The highest BCUT2D eigenvalue weighted by Crippen LogP contribution is 2.35. The monoisotopic (exact) mass is 395 g/mol. The molecule has 142 valence electrons. The molecular formula is C20H17N3O4S. The van der Waals surface area contributed by atoms with Gasteiger partial charge in [0.2, 0.25) is 0 Å². The number of likely N-dealkylation sites (N-methyl/N-ethyl adjacent to an activating group) is 1. The van der Waals surface area contributed by atoms with Crippen molar-refractivity contribution >= 4 is 44.9 Å². The molecule has 8 heteroatoms. The van der Waals surface area contributed by atoms with Gasteiger partial charge in [-0.25, -0.2) is 9.78 Å². The SMILES string of the molecule is CCN1C/C(=C\c2csc([N+](=O)[O-])c2)c2nc3ccccc3c(C(=O)O)c2C1. The fourth-order valence-corrected chi connectivity index (χ4v) is 4.24. The molecule has 1 aliphatic heterocycles. The molecule has 3 heterocycles. The van der Waals surface area contributed by atoms with Crippen molar-refractivity contribution in [1.29, 1.82) is 0 Å². The third kappa shape index (κ3) is 3.17. The van der Waals surface area contributed by atoms with E-state index in [1.54, 1.807) is 17.5 Å². The number of carboxylic acids is 1. The number of para-hydroxylation sites is 1. The molecular weight excluding hydrogens is 378 g/mol. The van der Waals surface area contributed by atoms with Gasteiger partial charge in [0.1, 0.15) is 0 Å². The topological polar surface area (TPSA) is 96.6 Å². The quantitative estimate of drug-likeness (QED) is 0.523. The Hall–Kier alpha value is -3.10. The lowest BCUT2D eigenvalue weighted by Crippen LogP contribution is -2.31. The molecule has 3 aromatic rings. The van der Waals surface area contributed by atoms with Gasteiger partial charge in [0, 0.05) is 35.5 Å². The smallest absolute Gasteiger partial charge is 0.336 e. The van der Waals surface area contributed by atoms with Gasteiger partial charge in [-0.1, -0.05) is 36.5 Å². The van der Waals surface area contributed by atoms with E-state index in [9.17, 15) is 20.0 Å². The number of hydrogen-bond acceptors (Lipinski definition) is 6. The van der Waals surface area contributed by atoms with Crippen LogP contribution in [0.2, 0.25) is 0 Å². The Bertz CT molecular complexity index is 1140. The van der Waals surface area contributed by atoms with E-state index >= 15 is 0 Å². The van der Waals surface area contributed by atoms with E-state index in [0.717, 1.165) is 29.0 Å². The van der Waals surface area contributed by atoms with Crippen molar-refractivity contribution < 1.29 is 14.8 Å². The van der Waals surface area contributed by atoms with Gasteiger partial charge in [-0.3, -0.25) is 15.0 Å². The second-order valence-corrected chi connectivity index (χ2v) is 7.47. The fourth-order valence-electron chi connectivity index (χ4n) is 3.56. The summed E-state index contributed by atoms with van der Waals surface area (Å²) in [5, 5.41) is 23.3. The molecule has 2 aromatic heterocycles. The van der Waals surface area contributed by atoms with Crippen molar-refractivity contribution in [2.45, 2.75) is 13.5 Å². The van der Waals surface area contributed by atoms with Crippen LogP contribution in [0.5, 0.6) is 0 Å². The van der Waals surface area contributed by atoms with Crippen LogP contribution in [0.4, 0.5) is 5.00 Å². The molecule has 0 spiro atoms. The van der Waals surface area contributed by atoms with Crippen LogP contribution in [0.1, 0.15) is 34.1 Å². The molecule has 7 nitrogen and oxygen atoms in total. The lowest BCUT2D eigenvalue weighted by Gasteiger charge is -2.30. The summed E-state index contributed by atoms with van der Waals surface area (Å²) in [6.07, 6.45) is 1.87. The lowest BCUT2D eigenvalue weighted by molar-refractivity contribution is -0.380. The Labute approximate surface area is 164 Å². The van der Waals surface area contributed by atoms with Gasteiger partial charge >= 0.3 is 11.0 Å². The van der Waals surface area contributed by atoms with Crippen molar-refractivity contribution in [3.8, 4) is 0 Å². The third-order valence-corrected chi connectivity index (χ3v) is 5.76. The van der Waals surface area contributed by atoms with E-state index in [4.69, 9.17) is 4.98 Å². The molecule has 0 fully saturated rings. The van der Waals surface area contributed by atoms with Gasteiger partial charge in [0.25, 0.3) is 0 Å². The minimum Gasteiger partial charge on any atom is -0.478 e. The highest BCUT2D eigenvalue weighted by Gasteiger charge is 2.28. The van der Waals surface area contributed by atoms with E-state index in [1.165, 1.54) is 6.07 Å². The zero-order valence-electron chi connectivity index (χ0n) is 15.1. The van der Waals surface area contributed by atoms with Crippen molar-refractivity contribution in [2.75, 3.05) is 13.1 Å². The van der Waals surface area contributed by atoms with Crippen molar-refractivity contribution in [1.82, 2.24) is 9.88 Å². The summed E-state index contributed by atoms with van der Waals surface area (Å²) in [5.74, 6) is -0.974. The maximum atomic E-state index is 12.1. The maximum Gasteiger partial charge on any atom is 0.336 e. The first-order chi connectivity index (χ1) is 13.5. The molecule has 0 radical (unpaired) electrons. The average Bonchev–Trinajstić information content (AvgIpc) is 3.14. The predicted molar refractivity (Wildman–Crippen MR) is 108 cm³/mol. The first-order valence-corrected chi connectivity index (χ1v) is 9.67. The molecule has 0 saturated carbocycles. The third-order valence-electron chi connectivity index (χ3n) is 4.86. The Balaban J connectivity index is 1.94. The number of nitro groups is 1. The standard InChI is InChI=1S/C20H17N3O4S/c1-2-22-9-13(7-12-8-17(23(26)27)28-11-12)19-15(10-22)18(20(24)25)14-5-3-4-6-16(14)21-19/h3-8,11H,2,9-10H2,1H3,(H,24,25)/b13-7+. The summed E-state index contributed by atoms with van der Waals surface area (Å²) in [6, 6.07) is 8.76. The van der Waals surface area contributed by atoms with Crippen LogP contribution >= 0.6 is 11.3 Å². The number of carbonyl (C=O) groups is 1. The van der Waals surface area contributed by atoms with Crippen LogP contribution in [-0.4, -0.2) is 39.0 Å². The summed E-state index contributed by atoms with van der Waals surface area (Å²) in [7, 11) is 0. The van der Waals surface area contributed by atoms with E-state index in [-0.39, 0.29) is 10.6 Å². The highest BCUT2D eigenvalue weighted by molar-refractivity contribution is 7.13. The van der Waals surface area contributed by atoms with Crippen LogP contribution < -0.4 is 0 Å². The van der Waals surface area contributed by atoms with Crippen molar-refractivity contribution in [3.63, 3.8) is 0 Å². The van der Waals surface area contributed by atoms with Crippen LogP contribution in [-0.2, 0) is 6.54 Å². The molecule has 4 rings (SSSR count).